The van der Waals surface area contributed by atoms with Gasteiger partial charge < -0.3 is 16.0 Å². The Labute approximate surface area is 211 Å². The fourth-order valence-corrected chi connectivity index (χ4v) is 5.14. The minimum Gasteiger partial charge on any atom is -0.368 e. The first kappa shape index (κ1) is 26.6. The van der Waals surface area contributed by atoms with E-state index in [0.29, 0.717) is 37.0 Å². The Bertz CT molecular complexity index is 1450. The van der Waals surface area contributed by atoms with Gasteiger partial charge in [0.15, 0.2) is 9.84 Å². The summed E-state index contributed by atoms with van der Waals surface area (Å²) in [6.07, 6.45) is 4.46. The van der Waals surface area contributed by atoms with Gasteiger partial charge in [-0.05, 0) is 42.7 Å². The summed E-state index contributed by atoms with van der Waals surface area (Å²) in [6, 6.07) is 4.06. The molecule has 3 aromatic rings. The first-order valence-corrected chi connectivity index (χ1v) is 13.2. The van der Waals surface area contributed by atoms with Crippen molar-refractivity contribution in [1.29, 1.82) is 0 Å². The predicted octanol–water partition coefficient (Wildman–Crippen LogP) is 4.13. The number of aromatic nitrogens is 1. The number of anilines is 2. The van der Waals surface area contributed by atoms with E-state index < -0.39 is 60.6 Å². The van der Waals surface area contributed by atoms with Gasteiger partial charge in [-0.15, -0.1) is 0 Å². The van der Waals surface area contributed by atoms with Gasteiger partial charge in [0.1, 0.15) is 23.3 Å². The molecule has 12 heteroatoms. The largest absolute Gasteiger partial charge is 0.368 e. The molecule has 2 aromatic carbocycles. The number of pyridine rings is 1. The smallest absolute Gasteiger partial charge is 0.258 e. The third-order valence-corrected chi connectivity index (χ3v) is 7.20. The minimum absolute atomic E-state index is 0.0866. The van der Waals surface area contributed by atoms with Crippen LogP contribution in [0.5, 0.6) is 0 Å². The van der Waals surface area contributed by atoms with Gasteiger partial charge >= 0.3 is 0 Å². The molecule has 1 aliphatic heterocycles. The molecule has 4 rings (SSSR count). The Balaban J connectivity index is 1.72. The topological polar surface area (TPSA) is 105 Å². The molecule has 1 fully saturated rings. The second kappa shape index (κ2) is 10.1. The van der Waals surface area contributed by atoms with E-state index in [0.717, 1.165) is 18.7 Å². The molecule has 0 saturated carbocycles. The normalized spacial score (nSPS) is 18.1. The van der Waals surface area contributed by atoms with Crippen LogP contribution in [0.3, 0.4) is 0 Å². The number of carbonyl (C=O) groups is 1. The van der Waals surface area contributed by atoms with Crippen molar-refractivity contribution in [1.82, 2.24) is 4.98 Å². The standard InChI is InChI=1S/C25H24F4N4O3S/c1-13-7-14(30)12-33(11-13)21-5-6-31-10-20(21)32-25(34)16-3-4-17(26)23(24(16)29)22-18(27)8-15(9-19(22)28)37(2,35)36/h3-6,8-10,13-14H,7,11-12,30H2,1-2H3,(H,32,34)/t13-,14+/m1/s1. The number of hydrogen-bond acceptors (Lipinski definition) is 6. The van der Waals surface area contributed by atoms with Gasteiger partial charge in [0.25, 0.3) is 5.91 Å². The number of amides is 1. The quantitative estimate of drug-likeness (QED) is 0.475. The van der Waals surface area contributed by atoms with E-state index in [-0.39, 0.29) is 17.6 Å². The lowest BCUT2D eigenvalue weighted by atomic mass is 9.96. The summed E-state index contributed by atoms with van der Waals surface area (Å²) in [7, 11) is -3.99. The molecule has 2 heterocycles. The highest BCUT2D eigenvalue weighted by atomic mass is 32.2. The average Bonchev–Trinajstić information content (AvgIpc) is 2.79. The Morgan fingerprint density at radius 2 is 1.73 bits per heavy atom. The van der Waals surface area contributed by atoms with Gasteiger partial charge in [0.05, 0.1) is 39.2 Å². The highest BCUT2D eigenvalue weighted by Gasteiger charge is 2.28. The van der Waals surface area contributed by atoms with Crippen LogP contribution in [-0.2, 0) is 9.84 Å². The molecule has 7 nitrogen and oxygen atoms in total. The minimum atomic E-state index is -3.99. The zero-order valence-corrected chi connectivity index (χ0v) is 20.8. The molecule has 1 aliphatic rings. The molecule has 0 unspecified atom stereocenters. The highest BCUT2D eigenvalue weighted by molar-refractivity contribution is 7.90. The fourth-order valence-electron chi connectivity index (χ4n) is 4.51. The fraction of sp³-hybridized carbons (Fsp3) is 0.280. The second-order valence-electron chi connectivity index (χ2n) is 9.17. The molecule has 37 heavy (non-hydrogen) atoms. The second-order valence-corrected chi connectivity index (χ2v) is 11.2. The number of sulfone groups is 1. The van der Waals surface area contributed by atoms with E-state index >= 15 is 4.39 Å². The molecule has 3 N–H and O–H groups in total. The van der Waals surface area contributed by atoms with Crippen LogP contribution in [0.1, 0.15) is 23.7 Å². The van der Waals surface area contributed by atoms with Gasteiger partial charge in [0.2, 0.25) is 0 Å². The van der Waals surface area contributed by atoms with Gasteiger partial charge in [-0.2, -0.15) is 0 Å². The molecule has 1 aromatic heterocycles. The maximum absolute atomic E-state index is 15.4. The van der Waals surface area contributed by atoms with Crippen molar-refractivity contribution in [2.45, 2.75) is 24.3 Å². The van der Waals surface area contributed by atoms with Crippen LogP contribution in [0.2, 0.25) is 0 Å². The van der Waals surface area contributed by atoms with Crippen LogP contribution in [0, 0.1) is 29.2 Å². The zero-order chi connectivity index (χ0) is 27.1. The van der Waals surface area contributed by atoms with Crippen molar-refractivity contribution in [3.8, 4) is 11.1 Å². The lowest BCUT2D eigenvalue weighted by Crippen LogP contribution is -2.46. The van der Waals surface area contributed by atoms with Crippen molar-refractivity contribution in [2.24, 2.45) is 11.7 Å². The third kappa shape index (κ3) is 5.44. The van der Waals surface area contributed by atoms with Crippen molar-refractivity contribution in [3.63, 3.8) is 0 Å². The molecule has 1 saturated heterocycles. The lowest BCUT2D eigenvalue weighted by molar-refractivity contribution is 0.102. The molecule has 196 valence electrons. The molecule has 0 spiro atoms. The third-order valence-electron chi connectivity index (χ3n) is 6.11. The van der Waals surface area contributed by atoms with Crippen LogP contribution >= 0.6 is 0 Å². The summed E-state index contributed by atoms with van der Waals surface area (Å²) in [5.74, 6) is -6.56. The average molecular weight is 537 g/mol. The molecule has 0 bridgehead atoms. The molecular formula is C25H24F4N4O3S. The molecule has 1 amide bonds. The van der Waals surface area contributed by atoms with E-state index in [2.05, 4.69) is 10.3 Å². The highest BCUT2D eigenvalue weighted by Crippen LogP contribution is 2.35. The van der Waals surface area contributed by atoms with Crippen molar-refractivity contribution < 1.29 is 30.8 Å². The van der Waals surface area contributed by atoms with E-state index in [1.807, 2.05) is 11.8 Å². The Hall–Kier alpha value is -3.51. The molecule has 0 aliphatic carbocycles. The van der Waals surface area contributed by atoms with Crippen LogP contribution in [0.4, 0.5) is 28.9 Å². The number of piperidine rings is 1. The van der Waals surface area contributed by atoms with E-state index in [1.165, 1.54) is 12.4 Å². The van der Waals surface area contributed by atoms with E-state index in [9.17, 15) is 26.4 Å². The SMILES string of the molecule is C[C@@H]1C[C@H](N)CN(c2ccncc2NC(=O)c2ccc(F)c(-c3c(F)cc(S(C)(=O)=O)cc3F)c2F)C1. The summed E-state index contributed by atoms with van der Waals surface area (Å²) in [6.45, 7) is 3.23. The number of benzene rings is 2. The van der Waals surface area contributed by atoms with E-state index in [4.69, 9.17) is 5.73 Å². The number of carbonyl (C=O) groups excluding carboxylic acids is 1. The molecular weight excluding hydrogens is 512 g/mol. The zero-order valence-electron chi connectivity index (χ0n) is 19.9. The first-order valence-electron chi connectivity index (χ1n) is 11.3. The van der Waals surface area contributed by atoms with Crippen LogP contribution in [-0.4, -0.2) is 44.7 Å². The van der Waals surface area contributed by atoms with Crippen molar-refractivity contribution in [3.05, 3.63) is 71.6 Å². The van der Waals surface area contributed by atoms with Gasteiger partial charge in [-0.3, -0.25) is 9.78 Å². The number of hydrogen-bond donors (Lipinski definition) is 2. The Morgan fingerprint density at radius 3 is 2.35 bits per heavy atom. The van der Waals surface area contributed by atoms with E-state index in [1.54, 1.807) is 6.07 Å². The molecule has 2 atom stereocenters. The lowest BCUT2D eigenvalue weighted by Gasteiger charge is -2.37. The monoisotopic (exact) mass is 536 g/mol. The number of nitrogens with zero attached hydrogens (tertiary/aromatic N) is 2. The number of halogens is 4. The number of nitrogens with two attached hydrogens (primary N) is 1. The predicted molar refractivity (Wildman–Crippen MR) is 131 cm³/mol. The Kier molecular flexibility index (Phi) is 7.24. The van der Waals surface area contributed by atoms with Crippen LogP contribution < -0.4 is 16.0 Å². The maximum Gasteiger partial charge on any atom is 0.258 e. The number of rotatable bonds is 5. The van der Waals surface area contributed by atoms with Gasteiger partial charge in [-0.25, -0.2) is 26.0 Å². The van der Waals surface area contributed by atoms with Gasteiger partial charge in [-0.1, -0.05) is 6.92 Å². The summed E-state index contributed by atoms with van der Waals surface area (Å²) >= 11 is 0. The van der Waals surface area contributed by atoms with Crippen molar-refractivity contribution >= 4 is 27.1 Å². The summed E-state index contributed by atoms with van der Waals surface area (Å²) in [4.78, 5) is 18.3. The summed E-state index contributed by atoms with van der Waals surface area (Å²) in [5.41, 5.74) is 4.03. The maximum atomic E-state index is 15.4. The van der Waals surface area contributed by atoms with Crippen LogP contribution in [0.25, 0.3) is 11.1 Å². The first-order chi connectivity index (χ1) is 17.4. The van der Waals surface area contributed by atoms with Gasteiger partial charge in [0, 0.05) is 31.6 Å². The summed E-state index contributed by atoms with van der Waals surface area (Å²) in [5, 5.41) is 2.54. The molecule has 0 radical (unpaired) electrons. The van der Waals surface area contributed by atoms with Crippen LogP contribution in [0.15, 0.2) is 47.6 Å². The summed E-state index contributed by atoms with van der Waals surface area (Å²) < 4.78 is 82.8. The van der Waals surface area contributed by atoms with Crippen molar-refractivity contribution in [2.75, 3.05) is 29.6 Å². The Morgan fingerprint density at radius 1 is 1.05 bits per heavy atom. The number of nitrogens with one attached hydrogen (secondary N) is 1.